The molecule has 0 aliphatic carbocycles. The van der Waals surface area contributed by atoms with Crippen LogP contribution in [-0.2, 0) is 11.2 Å². The maximum Gasteiger partial charge on any atom is 0.407 e. The number of nitrogens with one attached hydrogen (secondary N) is 1. The number of phenolic OH excluding ortho intramolecular Hbond substituents is 1. The zero-order valence-electron chi connectivity index (χ0n) is 13.1. The van der Waals surface area contributed by atoms with Gasteiger partial charge in [-0.25, -0.2) is 4.79 Å². The summed E-state index contributed by atoms with van der Waals surface area (Å²) in [5.41, 5.74) is 0.354. The van der Waals surface area contributed by atoms with E-state index in [-0.39, 0.29) is 5.75 Å². The molecule has 0 aromatic heterocycles. The number of methoxy groups -OCH3 is 2. The van der Waals surface area contributed by atoms with E-state index >= 15 is 0 Å². The van der Waals surface area contributed by atoms with E-state index in [1.807, 2.05) is 20.8 Å². The van der Waals surface area contributed by atoms with Crippen LogP contribution in [0.2, 0.25) is 0 Å². The van der Waals surface area contributed by atoms with Crippen LogP contribution in [0.15, 0.2) is 12.1 Å². The van der Waals surface area contributed by atoms with Crippen LogP contribution in [0, 0.1) is 0 Å². The molecule has 0 saturated heterocycles. The molecule has 1 amide bonds. The minimum Gasteiger partial charge on any atom is -0.502 e. The van der Waals surface area contributed by atoms with E-state index in [9.17, 15) is 9.90 Å². The van der Waals surface area contributed by atoms with Crippen LogP contribution in [0.4, 0.5) is 4.79 Å². The summed E-state index contributed by atoms with van der Waals surface area (Å²) in [4.78, 5) is 11.5. The molecule has 2 N–H and O–H groups in total. The fourth-order valence-electron chi connectivity index (χ4n) is 1.72. The molecule has 1 aromatic rings. The third-order valence-corrected chi connectivity index (χ3v) is 2.62. The highest BCUT2D eigenvalue weighted by Crippen LogP contribution is 2.37. The Balaban J connectivity index is 2.62. The summed E-state index contributed by atoms with van der Waals surface area (Å²) in [5, 5.41) is 12.5. The van der Waals surface area contributed by atoms with Gasteiger partial charge >= 0.3 is 6.09 Å². The van der Waals surface area contributed by atoms with Crippen molar-refractivity contribution in [2.45, 2.75) is 32.8 Å². The quantitative estimate of drug-likeness (QED) is 0.873. The van der Waals surface area contributed by atoms with Crippen molar-refractivity contribution in [2.24, 2.45) is 0 Å². The molecule has 1 aromatic carbocycles. The number of hydrogen-bond acceptors (Lipinski definition) is 5. The number of carbonyl (C=O) groups excluding carboxylic acids is 1. The normalized spacial score (nSPS) is 10.9. The molecule has 0 heterocycles. The molecule has 6 nitrogen and oxygen atoms in total. The number of ether oxygens (including phenoxy) is 3. The molecule has 0 saturated carbocycles. The number of benzene rings is 1. The summed E-state index contributed by atoms with van der Waals surface area (Å²) in [6.07, 6.45) is 0.104. The van der Waals surface area contributed by atoms with Crippen LogP contribution in [0.5, 0.6) is 17.2 Å². The minimum atomic E-state index is -0.519. The van der Waals surface area contributed by atoms with E-state index in [1.54, 1.807) is 12.1 Å². The van der Waals surface area contributed by atoms with Crippen molar-refractivity contribution >= 4 is 6.09 Å². The van der Waals surface area contributed by atoms with Crippen molar-refractivity contribution in [1.82, 2.24) is 5.32 Å². The SMILES string of the molecule is COc1cc(CCNC(=O)OC(C)(C)C)cc(OC)c1O. The lowest BCUT2D eigenvalue weighted by molar-refractivity contribution is 0.0528. The van der Waals surface area contributed by atoms with Crippen LogP contribution in [0.3, 0.4) is 0 Å². The number of carbonyl (C=O) groups is 1. The molecule has 0 aliphatic rings. The zero-order chi connectivity index (χ0) is 16.0. The van der Waals surface area contributed by atoms with Gasteiger partial charge in [0.05, 0.1) is 14.2 Å². The predicted octanol–water partition coefficient (Wildman–Crippen LogP) is 2.48. The smallest absolute Gasteiger partial charge is 0.407 e. The van der Waals surface area contributed by atoms with Crippen molar-refractivity contribution in [3.05, 3.63) is 17.7 Å². The molecule has 0 fully saturated rings. The lowest BCUT2D eigenvalue weighted by atomic mass is 10.1. The molecule has 1 rings (SSSR count). The number of alkyl carbamates (subject to hydrolysis) is 1. The predicted molar refractivity (Wildman–Crippen MR) is 79.2 cm³/mol. The summed E-state index contributed by atoms with van der Waals surface area (Å²) in [6.45, 7) is 5.83. The Labute approximate surface area is 125 Å². The summed E-state index contributed by atoms with van der Waals surface area (Å²) in [5.74, 6) is 0.632. The maximum absolute atomic E-state index is 11.5. The Morgan fingerprint density at radius 2 is 1.71 bits per heavy atom. The van der Waals surface area contributed by atoms with Gasteiger partial charge in [0.25, 0.3) is 0 Å². The molecule has 0 atom stereocenters. The lowest BCUT2D eigenvalue weighted by Gasteiger charge is -2.19. The first-order valence-corrected chi connectivity index (χ1v) is 6.67. The second kappa shape index (κ2) is 7.06. The highest BCUT2D eigenvalue weighted by atomic mass is 16.6. The Hall–Kier alpha value is -2.11. The highest BCUT2D eigenvalue weighted by Gasteiger charge is 2.16. The van der Waals surface area contributed by atoms with Crippen LogP contribution < -0.4 is 14.8 Å². The molecular weight excluding hydrogens is 274 g/mol. The number of amides is 1. The fraction of sp³-hybridized carbons (Fsp3) is 0.533. The third kappa shape index (κ3) is 5.41. The Morgan fingerprint density at radius 3 is 2.14 bits per heavy atom. The molecule has 118 valence electrons. The van der Waals surface area contributed by atoms with Gasteiger partial charge in [0, 0.05) is 6.54 Å². The molecule has 0 bridgehead atoms. The van der Waals surface area contributed by atoms with E-state index in [1.165, 1.54) is 14.2 Å². The van der Waals surface area contributed by atoms with Crippen molar-refractivity contribution in [2.75, 3.05) is 20.8 Å². The lowest BCUT2D eigenvalue weighted by Crippen LogP contribution is -2.33. The van der Waals surface area contributed by atoms with Gasteiger partial charge < -0.3 is 24.6 Å². The summed E-state index contributed by atoms with van der Waals surface area (Å²) in [6, 6.07) is 3.41. The zero-order valence-corrected chi connectivity index (χ0v) is 13.1. The van der Waals surface area contributed by atoms with Crippen molar-refractivity contribution in [3.8, 4) is 17.2 Å². The molecule has 0 unspecified atom stereocenters. The second-order valence-corrected chi connectivity index (χ2v) is 5.53. The third-order valence-electron chi connectivity index (χ3n) is 2.62. The first-order valence-electron chi connectivity index (χ1n) is 6.67. The second-order valence-electron chi connectivity index (χ2n) is 5.53. The van der Waals surface area contributed by atoms with Crippen LogP contribution in [0.25, 0.3) is 0 Å². The van der Waals surface area contributed by atoms with Gasteiger partial charge in [0.15, 0.2) is 11.5 Å². The van der Waals surface area contributed by atoms with E-state index in [4.69, 9.17) is 14.2 Å². The van der Waals surface area contributed by atoms with Gasteiger partial charge in [-0.1, -0.05) is 0 Å². The van der Waals surface area contributed by atoms with Gasteiger partial charge in [-0.15, -0.1) is 0 Å². The topological polar surface area (TPSA) is 77.0 Å². The van der Waals surface area contributed by atoms with Crippen molar-refractivity contribution in [1.29, 1.82) is 0 Å². The average Bonchev–Trinajstić information content (AvgIpc) is 2.38. The van der Waals surface area contributed by atoms with E-state index in [2.05, 4.69) is 5.32 Å². The van der Waals surface area contributed by atoms with Crippen molar-refractivity contribution in [3.63, 3.8) is 0 Å². The van der Waals surface area contributed by atoms with Gasteiger partial charge in [0.2, 0.25) is 5.75 Å². The monoisotopic (exact) mass is 297 g/mol. The van der Waals surface area contributed by atoms with Crippen molar-refractivity contribution < 1.29 is 24.1 Å². The van der Waals surface area contributed by atoms with E-state index in [0.717, 1.165) is 5.56 Å². The van der Waals surface area contributed by atoms with Crippen LogP contribution in [-0.4, -0.2) is 37.6 Å². The number of rotatable bonds is 5. The molecule has 21 heavy (non-hydrogen) atoms. The number of hydrogen-bond donors (Lipinski definition) is 2. The summed E-state index contributed by atoms with van der Waals surface area (Å²) in [7, 11) is 2.94. The van der Waals surface area contributed by atoms with Gasteiger partial charge in [0.1, 0.15) is 5.60 Å². The summed E-state index contributed by atoms with van der Waals surface area (Å²) >= 11 is 0. The van der Waals surface area contributed by atoms with E-state index < -0.39 is 11.7 Å². The number of phenols is 1. The standard InChI is InChI=1S/C15H23NO5/c1-15(2,3)21-14(18)16-7-6-10-8-11(19-4)13(17)12(9-10)20-5/h8-9,17H,6-7H2,1-5H3,(H,16,18). The average molecular weight is 297 g/mol. The van der Waals surface area contributed by atoms with Gasteiger partial charge in [-0.05, 0) is 44.9 Å². The minimum absolute atomic E-state index is 0.0381. The molecule has 0 radical (unpaired) electrons. The largest absolute Gasteiger partial charge is 0.502 e. The first-order chi connectivity index (χ1) is 9.76. The fourth-order valence-corrected chi connectivity index (χ4v) is 1.72. The summed E-state index contributed by atoms with van der Waals surface area (Å²) < 4.78 is 15.3. The van der Waals surface area contributed by atoms with Gasteiger partial charge in [-0.2, -0.15) is 0 Å². The van der Waals surface area contributed by atoms with Crippen LogP contribution in [0.1, 0.15) is 26.3 Å². The molecule has 0 spiro atoms. The van der Waals surface area contributed by atoms with Crippen LogP contribution >= 0.6 is 0 Å². The Morgan fingerprint density at radius 1 is 1.19 bits per heavy atom. The highest BCUT2D eigenvalue weighted by molar-refractivity contribution is 5.67. The first kappa shape index (κ1) is 16.9. The Bertz CT molecular complexity index is 468. The number of aromatic hydroxyl groups is 1. The molecular formula is C15H23NO5. The Kier molecular flexibility index (Phi) is 5.69. The van der Waals surface area contributed by atoms with Gasteiger partial charge in [-0.3, -0.25) is 0 Å². The molecule has 0 aliphatic heterocycles. The maximum atomic E-state index is 11.5. The van der Waals surface area contributed by atoms with E-state index in [0.29, 0.717) is 24.5 Å². The molecule has 6 heteroatoms.